The molecule has 0 aliphatic carbocycles. The Kier molecular flexibility index (Phi) is 21.8. The maximum atomic E-state index is 10.4. The van der Waals surface area contributed by atoms with E-state index in [1.165, 1.54) is 0 Å². The molecule has 6 nitrogen and oxygen atoms in total. The second kappa shape index (κ2) is 17.6. The zero-order valence-corrected chi connectivity index (χ0v) is 13.0. The van der Waals surface area contributed by atoms with Crippen molar-refractivity contribution in [2.75, 3.05) is 19.8 Å². The predicted molar refractivity (Wildman–Crippen MR) is 67.2 cm³/mol. The van der Waals surface area contributed by atoms with Gasteiger partial charge in [0.15, 0.2) is 0 Å². The summed E-state index contributed by atoms with van der Waals surface area (Å²) in [5, 5.41) is 19.9. The van der Waals surface area contributed by atoms with E-state index in [2.05, 4.69) is 0 Å². The molecule has 19 heavy (non-hydrogen) atoms. The van der Waals surface area contributed by atoms with Crippen LogP contribution in [0.25, 0.3) is 0 Å². The van der Waals surface area contributed by atoms with Crippen LogP contribution in [0.5, 0.6) is 0 Å². The van der Waals surface area contributed by atoms with Crippen molar-refractivity contribution >= 4 is 29.1 Å². The standard InChI is InChI=1S/C6H13O3.C6H10O3.Al/c1-3-8-6(5-7)9-4-2;1-2-3-5(7)4-6(8)9;/h6H,3-5H2,1-2H3;2-4H2,1H3,(H,8,9);/q-1;;+2/p-1. The van der Waals surface area contributed by atoms with Gasteiger partial charge in [-0.1, -0.05) is 13.5 Å². The fourth-order valence-electron chi connectivity index (χ4n) is 1.04. The third kappa shape index (κ3) is 20.0. The normalized spacial score (nSPS) is 9.32. The number of carboxylic acids is 1. The molecule has 0 amide bonds. The molecule has 0 unspecified atom stereocenters. The van der Waals surface area contributed by atoms with Crippen LogP contribution in [-0.2, 0) is 19.1 Å². The number of ether oxygens (including phenoxy) is 2. The number of carbonyl (C=O) groups excluding carboxylic acids is 2. The van der Waals surface area contributed by atoms with E-state index in [1.54, 1.807) is 0 Å². The van der Waals surface area contributed by atoms with Gasteiger partial charge in [-0.15, -0.1) is 0 Å². The minimum atomic E-state index is -1.28. The second-order valence-corrected chi connectivity index (χ2v) is 3.34. The van der Waals surface area contributed by atoms with Crippen LogP contribution < -0.4 is 10.2 Å². The van der Waals surface area contributed by atoms with E-state index in [1.807, 2.05) is 20.8 Å². The topological polar surface area (TPSA) is 98.7 Å². The van der Waals surface area contributed by atoms with Gasteiger partial charge >= 0.3 is 17.4 Å². The summed E-state index contributed by atoms with van der Waals surface area (Å²) < 4.78 is 9.79. The van der Waals surface area contributed by atoms with Gasteiger partial charge in [0.2, 0.25) is 0 Å². The van der Waals surface area contributed by atoms with Crippen LogP contribution in [0.15, 0.2) is 0 Å². The molecule has 0 aromatic heterocycles. The number of aliphatic carboxylic acids is 1. The third-order valence-corrected chi connectivity index (χ3v) is 1.71. The maximum absolute atomic E-state index is 10.4. The van der Waals surface area contributed by atoms with Crippen LogP contribution in [0.4, 0.5) is 0 Å². The van der Waals surface area contributed by atoms with Crippen LogP contribution in [0.3, 0.4) is 0 Å². The molecule has 0 fully saturated rings. The Morgan fingerprint density at radius 2 is 1.58 bits per heavy atom. The molecule has 0 heterocycles. The van der Waals surface area contributed by atoms with Gasteiger partial charge in [-0.05, 0) is 20.3 Å². The number of Topliss-reactive ketones (excluding diaryl/α,β-unsaturated/α-hetero) is 1. The van der Waals surface area contributed by atoms with Gasteiger partial charge in [-0.2, -0.15) is 0 Å². The Morgan fingerprint density at radius 1 is 1.11 bits per heavy atom. The first-order valence-electron chi connectivity index (χ1n) is 6.04. The van der Waals surface area contributed by atoms with Gasteiger partial charge in [-0.25, -0.2) is 0 Å². The first kappa shape index (κ1) is 23.6. The molecule has 7 heteroatoms. The van der Waals surface area contributed by atoms with Crippen molar-refractivity contribution in [3.8, 4) is 0 Å². The van der Waals surface area contributed by atoms with E-state index in [0.29, 0.717) is 26.1 Å². The van der Waals surface area contributed by atoms with Gasteiger partial charge in [0.05, 0.1) is 0 Å². The summed E-state index contributed by atoms with van der Waals surface area (Å²) in [7, 11) is 0. The van der Waals surface area contributed by atoms with E-state index in [0.717, 1.165) is 0 Å². The monoisotopic (exact) mass is 289 g/mol. The van der Waals surface area contributed by atoms with Gasteiger partial charge in [0.1, 0.15) is 12.1 Å². The number of hydrogen-bond donors (Lipinski definition) is 0. The molecule has 0 saturated carbocycles. The number of hydrogen-bond acceptors (Lipinski definition) is 6. The van der Waals surface area contributed by atoms with E-state index in [9.17, 15) is 19.8 Å². The van der Waals surface area contributed by atoms with Gasteiger partial charge < -0.3 is 24.5 Å². The van der Waals surface area contributed by atoms with E-state index >= 15 is 0 Å². The van der Waals surface area contributed by atoms with Crippen molar-refractivity contribution in [2.45, 2.75) is 46.3 Å². The van der Waals surface area contributed by atoms with E-state index < -0.39 is 18.7 Å². The molecule has 0 N–H and O–H groups in total. The molecule has 0 rings (SSSR count). The predicted octanol–water partition coefficient (Wildman–Crippen LogP) is -1.14. The number of carbonyl (C=O) groups is 2. The fraction of sp³-hybridized carbons (Fsp3) is 0.833. The van der Waals surface area contributed by atoms with Crippen molar-refractivity contribution in [1.82, 2.24) is 0 Å². The Hall–Kier alpha value is -0.448. The minimum absolute atomic E-state index is 0. The minimum Gasteiger partial charge on any atom is -0.851 e. The Bertz CT molecular complexity index is 216. The van der Waals surface area contributed by atoms with Crippen molar-refractivity contribution in [1.29, 1.82) is 0 Å². The van der Waals surface area contributed by atoms with Crippen molar-refractivity contribution < 1.29 is 29.3 Å². The maximum Gasteiger partial charge on any atom is 2.00 e. The summed E-state index contributed by atoms with van der Waals surface area (Å²) in [6.07, 6.45) is 0.0634. The molecule has 0 aromatic rings. The number of rotatable bonds is 9. The SMILES string of the molecule is CCCC(=O)CC(=O)[O-].CCOC(C[O-])OCC.[Al+2]. The summed E-state index contributed by atoms with van der Waals surface area (Å²) in [4.78, 5) is 20.2. The van der Waals surface area contributed by atoms with E-state index in [-0.39, 0.29) is 29.8 Å². The Morgan fingerprint density at radius 3 is 1.84 bits per heavy atom. The average Bonchev–Trinajstić information content (AvgIpc) is 2.29. The molecule has 0 aliphatic heterocycles. The zero-order chi connectivity index (χ0) is 14.4. The van der Waals surface area contributed by atoms with Gasteiger partial charge in [0, 0.05) is 32.0 Å². The molecule has 0 bridgehead atoms. The number of ketones is 1. The molecule has 0 saturated heterocycles. The van der Waals surface area contributed by atoms with Gasteiger partial charge in [-0.3, -0.25) is 4.79 Å². The molecule has 109 valence electrons. The quantitative estimate of drug-likeness (QED) is 0.302. The van der Waals surface area contributed by atoms with Crippen molar-refractivity contribution in [2.24, 2.45) is 0 Å². The average molecular weight is 289 g/mol. The fourth-order valence-corrected chi connectivity index (χ4v) is 1.04. The van der Waals surface area contributed by atoms with E-state index in [4.69, 9.17) is 9.47 Å². The van der Waals surface area contributed by atoms with Crippen LogP contribution in [-0.4, -0.2) is 55.2 Å². The Balaban J connectivity index is -0.000000256. The smallest absolute Gasteiger partial charge is 0.851 e. The molecule has 0 atom stereocenters. The summed E-state index contributed by atoms with van der Waals surface area (Å²) in [5.41, 5.74) is 0. The second-order valence-electron chi connectivity index (χ2n) is 3.34. The first-order valence-corrected chi connectivity index (χ1v) is 6.04. The van der Waals surface area contributed by atoms with Crippen LogP contribution in [0.2, 0.25) is 0 Å². The number of carboxylic acid groups (broad SMARTS) is 1. The molecule has 0 spiro atoms. The van der Waals surface area contributed by atoms with Crippen LogP contribution in [0.1, 0.15) is 40.0 Å². The molecular weight excluding hydrogens is 267 g/mol. The summed E-state index contributed by atoms with van der Waals surface area (Å²) in [6, 6.07) is 0. The largest absolute Gasteiger partial charge is 2.00 e. The molecule has 0 aliphatic rings. The van der Waals surface area contributed by atoms with Crippen molar-refractivity contribution in [3.63, 3.8) is 0 Å². The van der Waals surface area contributed by atoms with Crippen LogP contribution >= 0.6 is 0 Å². The Labute approximate surface area is 125 Å². The summed E-state index contributed by atoms with van der Waals surface area (Å²) >= 11 is 0. The van der Waals surface area contributed by atoms with Crippen LogP contribution in [0, 0.1) is 0 Å². The van der Waals surface area contributed by atoms with Gasteiger partial charge in [0.25, 0.3) is 0 Å². The zero-order valence-electron chi connectivity index (χ0n) is 11.8. The summed E-state index contributed by atoms with van der Waals surface area (Å²) in [6.45, 7) is 6.25. The molecule has 0 aromatic carbocycles. The first-order chi connectivity index (χ1) is 8.51. The molecular formula is C12H22AlO6. The van der Waals surface area contributed by atoms with Crippen molar-refractivity contribution in [3.05, 3.63) is 0 Å². The molecule has 1 radical (unpaired) electrons. The summed E-state index contributed by atoms with van der Waals surface area (Å²) in [5.74, 6) is -1.54. The third-order valence-electron chi connectivity index (χ3n) is 1.71.